The number of hydrogen-bond acceptors (Lipinski definition) is 5. The Bertz CT molecular complexity index is 796. The molecule has 0 unspecified atom stereocenters. The van der Waals surface area contributed by atoms with Crippen LogP contribution in [0.25, 0.3) is 0 Å². The number of imide groups is 1. The highest BCUT2D eigenvalue weighted by Crippen LogP contribution is 2.21. The first kappa shape index (κ1) is 14.5. The number of urea groups is 1. The second-order valence-corrected chi connectivity index (χ2v) is 4.75. The summed E-state index contributed by atoms with van der Waals surface area (Å²) in [6, 6.07) is 6.64. The predicted molar refractivity (Wildman–Crippen MR) is 82.0 cm³/mol. The molecule has 7 heteroatoms. The lowest BCUT2D eigenvalue weighted by Crippen LogP contribution is -2.49. The maximum atomic E-state index is 11.7. The van der Waals surface area contributed by atoms with Crippen LogP contribution in [0.2, 0.25) is 0 Å². The fourth-order valence-corrected chi connectivity index (χ4v) is 2.07. The number of aromatic nitrogens is 2. The molecule has 3 rings (SSSR count). The molecule has 0 spiro atoms. The molecule has 0 aliphatic carbocycles. The fraction of sp³-hybridized carbons (Fsp3) is 0.125. The van der Waals surface area contributed by atoms with Crippen molar-refractivity contribution < 1.29 is 14.3 Å². The minimum Gasteiger partial charge on any atom is -0.424 e. The third-order valence-electron chi connectivity index (χ3n) is 3.19. The molecule has 0 radical (unpaired) electrons. The molecule has 0 bridgehead atoms. The summed E-state index contributed by atoms with van der Waals surface area (Å²) in [4.78, 5) is 32.4. The number of ether oxygens (including phenoxy) is 1. The number of carbonyl (C=O) groups excluding carboxylic acids is 2. The zero-order valence-corrected chi connectivity index (χ0v) is 12.0. The molecule has 1 N–H and O–H groups in total. The molecule has 2 aromatic rings. The van der Waals surface area contributed by atoms with Crippen molar-refractivity contribution in [2.75, 3.05) is 11.4 Å². The van der Waals surface area contributed by atoms with E-state index in [1.165, 1.54) is 17.3 Å². The molecule has 1 fully saturated rings. The van der Waals surface area contributed by atoms with Crippen molar-refractivity contribution in [3.8, 4) is 24.1 Å². The highest BCUT2D eigenvalue weighted by Gasteiger charge is 2.24. The van der Waals surface area contributed by atoms with E-state index < -0.39 is 6.03 Å². The number of hydrogen-bond donors (Lipinski definition) is 1. The number of benzene rings is 1. The van der Waals surface area contributed by atoms with Gasteiger partial charge in [0.2, 0.25) is 5.91 Å². The van der Waals surface area contributed by atoms with Crippen LogP contribution >= 0.6 is 0 Å². The third-order valence-corrected chi connectivity index (χ3v) is 3.19. The Morgan fingerprint density at radius 2 is 2.04 bits per heavy atom. The fourth-order valence-electron chi connectivity index (χ4n) is 2.07. The van der Waals surface area contributed by atoms with Gasteiger partial charge in [0.05, 0.1) is 18.1 Å². The van der Waals surface area contributed by atoms with Gasteiger partial charge in [-0.1, -0.05) is 12.0 Å². The van der Waals surface area contributed by atoms with Gasteiger partial charge in [-0.2, -0.15) is 0 Å². The molecule has 3 amide bonds. The van der Waals surface area contributed by atoms with Crippen molar-refractivity contribution in [1.82, 2.24) is 15.3 Å². The predicted octanol–water partition coefficient (Wildman–Crippen LogP) is 1.70. The highest BCUT2D eigenvalue weighted by atomic mass is 16.5. The van der Waals surface area contributed by atoms with Gasteiger partial charge in [0.1, 0.15) is 5.75 Å². The molecule has 23 heavy (non-hydrogen) atoms. The van der Waals surface area contributed by atoms with Crippen LogP contribution in [-0.4, -0.2) is 28.5 Å². The molecule has 0 atom stereocenters. The summed E-state index contributed by atoms with van der Waals surface area (Å²) < 4.78 is 5.52. The van der Waals surface area contributed by atoms with Crippen LogP contribution in [0.3, 0.4) is 0 Å². The summed E-state index contributed by atoms with van der Waals surface area (Å²) in [6.07, 6.45) is 8.49. The van der Waals surface area contributed by atoms with Crippen LogP contribution < -0.4 is 15.0 Å². The van der Waals surface area contributed by atoms with Gasteiger partial charge in [0.25, 0.3) is 0 Å². The highest BCUT2D eigenvalue weighted by molar-refractivity contribution is 6.05. The molecule has 1 aromatic heterocycles. The lowest BCUT2D eigenvalue weighted by molar-refractivity contribution is -0.120. The maximum absolute atomic E-state index is 11.7. The van der Waals surface area contributed by atoms with Crippen molar-refractivity contribution in [2.45, 2.75) is 6.42 Å². The van der Waals surface area contributed by atoms with Gasteiger partial charge in [-0.3, -0.25) is 15.0 Å². The van der Waals surface area contributed by atoms with E-state index in [0.29, 0.717) is 23.5 Å². The van der Waals surface area contributed by atoms with Crippen LogP contribution in [0.4, 0.5) is 10.5 Å². The summed E-state index contributed by atoms with van der Waals surface area (Å²) >= 11 is 0. The largest absolute Gasteiger partial charge is 0.424 e. The van der Waals surface area contributed by atoms with Crippen LogP contribution in [0.5, 0.6) is 11.8 Å². The van der Waals surface area contributed by atoms with Gasteiger partial charge in [0.15, 0.2) is 0 Å². The third kappa shape index (κ3) is 3.27. The second kappa shape index (κ2) is 6.15. The Kier molecular flexibility index (Phi) is 3.89. The summed E-state index contributed by atoms with van der Waals surface area (Å²) in [6.45, 7) is 0.290. The van der Waals surface area contributed by atoms with E-state index in [0.717, 1.165) is 0 Å². The Balaban J connectivity index is 1.73. The molecular weight excluding hydrogens is 296 g/mol. The molecule has 2 heterocycles. The van der Waals surface area contributed by atoms with Crippen molar-refractivity contribution in [2.24, 2.45) is 0 Å². The van der Waals surface area contributed by atoms with E-state index in [1.807, 2.05) is 0 Å². The quantitative estimate of drug-likeness (QED) is 0.872. The molecular formula is C16H12N4O3. The van der Waals surface area contributed by atoms with Gasteiger partial charge in [-0.15, -0.1) is 6.42 Å². The van der Waals surface area contributed by atoms with Gasteiger partial charge >= 0.3 is 12.0 Å². The Hall–Kier alpha value is -3.40. The first-order valence-electron chi connectivity index (χ1n) is 6.83. The monoisotopic (exact) mass is 308 g/mol. The minimum absolute atomic E-state index is 0.136. The van der Waals surface area contributed by atoms with E-state index in [9.17, 15) is 9.59 Å². The summed E-state index contributed by atoms with van der Waals surface area (Å²) in [5.74, 6) is 2.75. The van der Waals surface area contributed by atoms with Gasteiger partial charge < -0.3 is 4.74 Å². The van der Waals surface area contributed by atoms with Crippen molar-refractivity contribution in [3.63, 3.8) is 0 Å². The lowest BCUT2D eigenvalue weighted by Gasteiger charge is -2.25. The second-order valence-electron chi connectivity index (χ2n) is 4.75. The standard InChI is InChI=1S/C16H12N4O3/c1-2-11-4-3-5-13(8-11)23-15-17-9-12(10-18-15)20-7-6-14(21)19-16(20)22/h1,3-5,8-10H,6-7H2,(H,19,21,22). The molecule has 1 aliphatic rings. The normalized spacial score (nSPS) is 14.1. The first-order valence-corrected chi connectivity index (χ1v) is 6.83. The zero-order valence-electron chi connectivity index (χ0n) is 12.0. The van der Waals surface area contributed by atoms with Crippen LogP contribution in [-0.2, 0) is 4.79 Å². The lowest BCUT2D eigenvalue weighted by atomic mass is 10.2. The summed E-state index contributed by atoms with van der Waals surface area (Å²) in [7, 11) is 0. The van der Waals surface area contributed by atoms with E-state index in [4.69, 9.17) is 11.2 Å². The number of nitrogens with one attached hydrogen (secondary N) is 1. The van der Waals surface area contributed by atoms with E-state index in [1.54, 1.807) is 24.3 Å². The van der Waals surface area contributed by atoms with Crippen molar-refractivity contribution in [1.29, 1.82) is 0 Å². The van der Waals surface area contributed by atoms with Gasteiger partial charge in [0, 0.05) is 18.5 Å². The molecule has 1 saturated heterocycles. The average Bonchev–Trinajstić information content (AvgIpc) is 2.56. The number of terminal acetylenes is 1. The average molecular weight is 308 g/mol. The molecule has 1 aromatic carbocycles. The number of nitrogens with zero attached hydrogens (tertiary/aromatic N) is 3. The van der Waals surface area contributed by atoms with Crippen molar-refractivity contribution in [3.05, 3.63) is 42.2 Å². The smallest absolute Gasteiger partial charge is 0.328 e. The summed E-state index contributed by atoms with van der Waals surface area (Å²) in [5, 5.41) is 2.24. The van der Waals surface area contributed by atoms with Gasteiger partial charge in [-0.25, -0.2) is 14.8 Å². The van der Waals surface area contributed by atoms with Crippen LogP contribution in [0.15, 0.2) is 36.7 Å². The van der Waals surface area contributed by atoms with E-state index >= 15 is 0 Å². The van der Waals surface area contributed by atoms with Crippen LogP contribution in [0, 0.1) is 12.3 Å². The molecule has 114 valence electrons. The Labute approximate surface area is 132 Å². The Morgan fingerprint density at radius 1 is 1.26 bits per heavy atom. The topological polar surface area (TPSA) is 84.4 Å². The number of carbonyl (C=O) groups is 2. The maximum Gasteiger partial charge on any atom is 0.328 e. The minimum atomic E-state index is -0.486. The molecule has 0 saturated carbocycles. The van der Waals surface area contributed by atoms with Crippen LogP contribution in [0.1, 0.15) is 12.0 Å². The van der Waals surface area contributed by atoms with Gasteiger partial charge in [-0.05, 0) is 18.2 Å². The summed E-state index contributed by atoms with van der Waals surface area (Å²) in [5.41, 5.74) is 1.17. The first-order chi connectivity index (χ1) is 11.2. The van der Waals surface area contributed by atoms with E-state index in [-0.39, 0.29) is 18.3 Å². The Morgan fingerprint density at radius 3 is 2.74 bits per heavy atom. The number of anilines is 1. The number of rotatable bonds is 3. The molecule has 7 nitrogen and oxygen atoms in total. The zero-order chi connectivity index (χ0) is 16.2. The SMILES string of the molecule is C#Cc1cccc(Oc2ncc(N3CCC(=O)NC3=O)cn2)c1. The molecule has 1 aliphatic heterocycles. The van der Waals surface area contributed by atoms with E-state index in [2.05, 4.69) is 21.2 Å². The van der Waals surface area contributed by atoms with Crippen molar-refractivity contribution >= 4 is 17.6 Å². The number of amides is 3.